The van der Waals surface area contributed by atoms with Crippen LogP contribution in [0.1, 0.15) is 19.8 Å². The molecule has 0 radical (unpaired) electrons. The fraction of sp³-hybridized carbons (Fsp3) is 0.615. The summed E-state index contributed by atoms with van der Waals surface area (Å²) in [7, 11) is -1.43. The second kappa shape index (κ2) is 5.88. The van der Waals surface area contributed by atoms with Gasteiger partial charge in [-0.25, -0.2) is 17.7 Å². The predicted molar refractivity (Wildman–Crippen MR) is 76.7 cm³/mol. The van der Waals surface area contributed by atoms with Crippen molar-refractivity contribution in [3.8, 4) is 0 Å². The minimum absolute atomic E-state index is 0.0423. The topological polar surface area (TPSA) is 53.5 Å². The van der Waals surface area contributed by atoms with Crippen LogP contribution in [0.15, 0.2) is 24.4 Å². The summed E-state index contributed by atoms with van der Waals surface area (Å²) in [5.41, 5.74) is 0. The summed E-state index contributed by atoms with van der Waals surface area (Å²) in [6.07, 6.45) is 3.68. The SMILES string of the molecule is CCS(=O)(=O)N(C)[C@@H]1CCCN(c2ccccn2)C1. The number of sulfonamides is 1. The lowest BCUT2D eigenvalue weighted by atomic mass is 10.1. The largest absolute Gasteiger partial charge is 0.355 e. The highest BCUT2D eigenvalue weighted by molar-refractivity contribution is 7.89. The van der Waals surface area contributed by atoms with Crippen LogP contribution in [-0.4, -0.2) is 49.6 Å². The van der Waals surface area contributed by atoms with E-state index in [-0.39, 0.29) is 11.8 Å². The Kier molecular flexibility index (Phi) is 4.42. The molecule has 1 aliphatic heterocycles. The van der Waals surface area contributed by atoms with Crippen LogP contribution >= 0.6 is 0 Å². The van der Waals surface area contributed by atoms with E-state index in [2.05, 4.69) is 9.88 Å². The first-order chi connectivity index (χ1) is 9.04. The molecule has 2 heterocycles. The zero-order valence-corrected chi connectivity index (χ0v) is 12.3. The first kappa shape index (κ1) is 14.3. The fourth-order valence-corrected chi connectivity index (χ4v) is 3.46. The molecule has 0 saturated carbocycles. The van der Waals surface area contributed by atoms with Crippen molar-refractivity contribution in [3.63, 3.8) is 0 Å². The fourth-order valence-electron chi connectivity index (χ4n) is 2.43. The molecule has 19 heavy (non-hydrogen) atoms. The third-order valence-corrected chi connectivity index (χ3v) is 5.59. The molecule has 1 fully saturated rings. The highest BCUT2D eigenvalue weighted by Crippen LogP contribution is 2.21. The number of aromatic nitrogens is 1. The molecular formula is C13H21N3O2S. The molecule has 0 spiro atoms. The van der Waals surface area contributed by atoms with Gasteiger partial charge in [-0.3, -0.25) is 0 Å². The standard InChI is InChI=1S/C13H21N3O2S/c1-3-19(17,18)15(2)12-7-6-10-16(11-12)13-8-4-5-9-14-13/h4-5,8-9,12H,3,6-7,10-11H2,1-2H3/t12-/m1/s1. The summed E-state index contributed by atoms with van der Waals surface area (Å²) in [4.78, 5) is 6.50. The molecule has 5 nitrogen and oxygen atoms in total. The molecule has 1 aliphatic rings. The number of rotatable bonds is 4. The van der Waals surface area contributed by atoms with Gasteiger partial charge in [0.2, 0.25) is 10.0 Å². The van der Waals surface area contributed by atoms with Crippen molar-refractivity contribution in [1.29, 1.82) is 0 Å². The smallest absolute Gasteiger partial charge is 0.213 e. The Morgan fingerprint density at radius 1 is 1.47 bits per heavy atom. The van der Waals surface area contributed by atoms with Crippen LogP contribution in [0, 0.1) is 0 Å². The lowest BCUT2D eigenvalue weighted by Crippen LogP contribution is -2.49. The molecule has 0 N–H and O–H groups in total. The van der Waals surface area contributed by atoms with Crippen LogP contribution in [0.3, 0.4) is 0 Å². The second-order valence-corrected chi connectivity index (χ2v) is 7.16. The van der Waals surface area contributed by atoms with Gasteiger partial charge in [0.05, 0.1) is 5.75 Å². The van der Waals surface area contributed by atoms with Crippen LogP contribution in [0.4, 0.5) is 5.82 Å². The van der Waals surface area contributed by atoms with Gasteiger partial charge in [-0.1, -0.05) is 6.07 Å². The van der Waals surface area contributed by atoms with E-state index in [1.54, 1.807) is 20.2 Å². The van der Waals surface area contributed by atoms with Crippen LogP contribution in [0.25, 0.3) is 0 Å². The second-order valence-electron chi connectivity index (χ2n) is 4.85. The Labute approximate surface area is 115 Å². The van der Waals surface area contributed by atoms with Gasteiger partial charge in [-0.2, -0.15) is 0 Å². The molecule has 0 unspecified atom stereocenters. The number of hydrogen-bond acceptors (Lipinski definition) is 4. The van der Waals surface area contributed by atoms with E-state index in [0.29, 0.717) is 6.54 Å². The molecule has 2 rings (SSSR count). The van der Waals surface area contributed by atoms with E-state index in [4.69, 9.17) is 0 Å². The molecule has 106 valence electrons. The first-order valence-corrected chi connectivity index (χ1v) is 8.27. The number of nitrogens with zero attached hydrogens (tertiary/aromatic N) is 3. The van der Waals surface area contributed by atoms with Crippen LogP contribution in [0.5, 0.6) is 0 Å². The van der Waals surface area contributed by atoms with Crippen molar-refractivity contribution >= 4 is 15.8 Å². The molecular weight excluding hydrogens is 262 g/mol. The Balaban J connectivity index is 2.10. The lowest BCUT2D eigenvalue weighted by Gasteiger charge is -2.37. The predicted octanol–water partition coefficient (Wildman–Crippen LogP) is 1.33. The van der Waals surface area contributed by atoms with Crippen LogP contribution in [-0.2, 0) is 10.0 Å². The molecule has 1 aromatic heterocycles. The number of likely N-dealkylation sites (N-methyl/N-ethyl adjacent to an activating group) is 1. The minimum atomic E-state index is -3.12. The van der Waals surface area contributed by atoms with Gasteiger partial charge in [0.25, 0.3) is 0 Å². The van der Waals surface area contributed by atoms with Crippen molar-refractivity contribution in [3.05, 3.63) is 24.4 Å². The summed E-state index contributed by atoms with van der Waals surface area (Å²) in [5.74, 6) is 1.08. The van der Waals surface area contributed by atoms with Crippen molar-refractivity contribution in [2.24, 2.45) is 0 Å². The van der Waals surface area contributed by atoms with Crippen molar-refractivity contribution in [2.75, 3.05) is 30.8 Å². The van der Waals surface area contributed by atoms with E-state index < -0.39 is 10.0 Å². The molecule has 0 bridgehead atoms. The number of piperidine rings is 1. The van der Waals surface area contributed by atoms with Gasteiger partial charge in [-0.05, 0) is 31.9 Å². The Morgan fingerprint density at radius 3 is 2.89 bits per heavy atom. The maximum Gasteiger partial charge on any atom is 0.213 e. The van der Waals surface area contributed by atoms with Gasteiger partial charge in [-0.15, -0.1) is 0 Å². The van der Waals surface area contributed by atoms with Crippen LogP contribution in [0.2, 0.25) is 0 Å². The molecule has 1 aromatic rings. The van der Waals surface area contributed by atoms with E-state index in [1.165, 1.54) is 4.31 Å². The zero-order valence-electron chi connectivity index (χ0n) is 11.5. The minimum Gasteiger partial charge on any atom is -0.355 e. The molecule has 0 aromatic carbocycles. The Bertz CT molecular complexity index is 504. The number of pyridine rings is 1. The maximum atomic E-state index is 11.9. The highest BCUT2D eigenvalue weighted by Gasteiger charge is 2.29. The third kappa shape index (κ3) is 3.25. The normalized spacial score (nSPS) is 20.8. The summed E-state index contributed by atoms with van der Waals surface area (Å²) in [6, 6.07) is 5.86. The average molecular weight is 283 g/mol. The van der Waals surface area contributed by atoms with Gasteiger partial charge in [0.1, 0.15) is 5.82 Å². The van der Waals surface area contributed by atoms with E-state index >= 15 is 0 Å². The third-order valence-electron chi connectivity index (χ3n) is 3.69. The Hall–Kier alpha value is -1.14. The summed E-state index contributed by atoms with van der Waals surface area (Å²) < 4.78 is 25.4. The average Bonchev–Trinajstić information content (AvgIpc) is 2.47. The molecule has 1 atom stereocenters. The molecule has 1 saturated heterocycles. The molecule has 0 amide bonds. The summed E-state index contributed by atoms with van der Waals surface area (Å²) in [5, 5.41) is 0. The van der Waals surface area contributed by atoms with Gasteiger partial charge in [0.15, 0.2) is 0 Å². The quantitative estimate of drug-likeness (QED) is 0.836. The van der Waals surface area contributed by atoms with Crippen molar-refractivity contribution < 1.29 is 8.42 Å². The Morgan fingerprint density at radius 2 is 2.26 bits per heavy atom. The van der Waals surface area contributed by atoms with Gasteiger partial charge < -0.3 is 4.90 Å². The molecule has 6 heteroatoms. The van der Waals surface area contributed by atoms with Gasteiger partial charge in [0, 0.05) is 32.4 Å². The first-order valence-electron chi connectivity index (χ1n) is 6.66. The number of anilines is 1. The summed E-state index contributed by atoms with van der Waals surface area (Å²) >= 11 is 0. The number of hydrogen-bond donors (Lipinski definition) is 0. The van der Waals surface area contributed by atoms with E-state index in [0.717, 1.165) is 25.2 Å². The zero-order chi connectivity index (χ0) is 13.9. The van der Waals surface area contributed by atoms with E-state index in [9.17, 15) is 8.42 Å². The van der Waals surface area contributed by atoms with Crippen molar-refractivity contribution in [1.82, 2.24) is 9.29 Å². The van der Waals surface area contributed by atoms with Crippen LogP contribution < -0.4 is 4.90 Å². The van der Waals surface area contributed by atoms with Gasteiger partial charge >= 0.3 is 0 Å². The lowest BCUT2D eigenvalue weighted by molar-refractivity contribution is 0.320. The summed E-state index contributed by atoms with van der Waals surface area (Å²) in [6.45, 7) is 3.34. The highest BCUT2D eigenvalue weighted by atomic mass is 32.2. The van der Waals surface area contributed by atoms with E-state index in [1.807, 2.05) is 18.2 Å². The monoisotopic (exact) mass is 283 g/mol. The maximum absolute atomic E-state index is 11.9. The molecule has 0 aliphatic carbocycles. The van der Waals surface area contributed by atoms with Crippen molar-refractivity contribution in [2.45, 2.75) is 25.8 Å².